The van der Waals surface area contributed by atoms with E-state index in [1.807, 2.05) is 24.3 Å². The molecule has 0 bridgehead atoms. The maximum atomic E-state index is 13.3. The number of carbonyl (C=O) groups excluding carboxylic acids is 2. The van der Waals surface area contributed by atoms with E-state index in [2.05, 4.69) is 15.6 Å². The van der Waals surface area contributed by atoms with E-state index in [0.29, 0.717) is 17.8 Å². The van der Waals surface area contributed by atoms with Crippen LogP contribution in [0.25, 0.3) is 10.4 Å². The van der Waals surface area contributed by atoms with E-state index in [0.717, 1.165) is 47.0 Å². The van der Waals surface area contributed by atoms with Gasteiger partial charge in [-0.25, -0.2) is 13.8 Å². The first-order valence-electron chi connectivity index (χ1n) is 12.1. The number of ether oxygens (including phenoxy) is 1. The van der Waals surface area contributed by atoms with E-state index in [1.54, 1.807) is 6.20 Å². The molecule has 1 atom stereocenters. The molecule has 0 saturated heterocycles. The zero-order valence-electron chi connectivity index (χ0n) is 20.1. The molecule has 1 heterocycles. The Kier molecular flexibility index (Phi) is 8.77. The van der Waals surface area contributed by atoms with Crippen molar-refractivity contribution in [2.75, 3.05) is 5.32 Å². The van der Waals surface area contributed by atoms with Crippen molar-refractivity contribution < 1.29 is 23.1 Å². The number of thiazole rings is 1. The molecule has 3 aromatic rings. The molecule has 0 aliphatic heterocycles. The Bertz CT molecular complexity index is 1190. The molecule has 6 nitrogen and oxygen atoms in total. The normalized spacial score (nSPS) is 14.9. The summed E-state index contributed by atoms with van der Waals surface area (Å²) in [4.78, 5) is 30.1. The molecule has 1 unspecified atom stereocenters. The monoisotopic (exact) mass is 513 g/mol. The first-order chi connectivity index (χ1) is 17.4. The SMILES string of the molecule is CC(NC(=O)Cc1cc(F)cc(F)c1)C(=O)Nc1ncc(-c2ccccc2COC2CCCCC2)s1. The summed E-state index contributed by atoms with van der Waals surface area (Å²) in [6.07, 6.45) is 7.69. The van der Waals surface area contributed by atoms with Gasteiger partial charge in [0.15, 0.2) is 5.13 Å². The maximum Gasteiger partial charge on any atom is 0.248 e. The Balaban J connectivity index is 1.33. The Morgan fingerprint density at radius 3 is 2.58 bits per heavy atom. The lowest BCUT2D eigenvalue weighted by molar-refractivity contribution is -0.125. The minimum atomic E-state index is -0.862. The van der Waals surface area contributed by atoms with Gasteiger partial charge in [-0.1, -0.05) is 54.9 Å². The number of hydrogen-bond donors (Lipinski definition) is 2. The van der Waals surface area contributed by atoms with Crippen molar-refractivity contribution in [1.29, 1.82) is 0 Å². The molecule has 2 N–H and O–H groups in total. The molecule has 1 fully saturated rings. The van der Waals surface area contributed by atoms with E-state index in [9.17, 15) is 18.4 Å². The molecular weight excluding hydrogens is 484 g/mol. The van der Waals surface area contributed by atoms with Gasteiger partial charge in [0, 0.05) is 12.3 Å². The Morgan fingerprint density at radius 2 is 1.83 bits per heavy atom. The zero-order chi connectivity index (χ0) is 25.5. The molecule has 1 aliphatic rings. The van der Waals surface area contributed by atoms with Gasteiger partial charge in [-0.3, -0.25) is 9.59 Å². The van der Waals surface area contributed by atoms with Crippen LogP contribution in [-0.4, -0.2) is 28.9 Å². The van der Waals surface area contributed by atoms with Gasteiger partial charge in [0.2, 0.25) is 11.8 Å². The molecule has 190 valence electrons. The Labute approximate surface area is 213 Å². The lowest BCUT2D eigenvalue weighted by Crippen LogP contribution is -2.42. The Morgan fingerprint density at radius 1 is 1.11 bits per heavy atom. The number of hydrogen-bond acceptors (Lipinski definition) is 5. The minimum Gasteiger partial charge on any atom is -0.374 e. The van der Waals surface area contributed by atoms with Crippen LogP contribution in [0.15, 0.2) is 48.7 Å². The fourth-order valence-electron chi connectivity index (χ4n) is 4.25. The molecule has 36 heavy (non-hydrogen) atoms. The fraction of sp³-hybridized carbons (Fsp3) is 0.370. The predicted molar refractivity (Wildman–Crippen MR) is 136 cm³/mol. The number of amides is 2. The van der Waals surface area contributed by atoms with Crippen LogP contribution < -0.4 is 10.6 Å². The van der Waals surface area contributed by atoms with Gasteiger partial charge < -0.3 is 15.4 Å². The topological polar surface area (TPSA) is 80.3 Å². The molecule has 0 radical (unpaired) electrons. The first kappa shape index (κ1) is 25.9. The molecule has 1 saturated carbocycles. The zero-order valence-corrected chi connectivity index (χ0v) is 20.9. The van der Waals surface area contributed by atoms with Gasteiger partial charge in [-0.2, -0.15) is 0 Å². The molecule has 2 amide bonds. The summed E-state index contributed by atoms with van der Waals surface area (Å²) in [7, 11) is 0. The van der Waals surface area contributed by atoms with Gasteiger partial charge in [0.25, 0.3) is 0 Å². The minimum absolute atomic E-state index is 0.188. The van der Waals surface area contributed by atoms with Crippen LogP contribution in [0.1, 0.15) is 50.2 Å². The van der Waals surface area contributed by atoms with Crippen molar-refractivity contribution in [3.63, 3.8) is 0 Å². The number of halogens is 2. The quantitative estimate of drug-likeness (QED) is 0.389. The third kappa shape index (κ3) is 7.18. The Hall–Kier alpha value is -3.17. The summed E-state index contributed by atoms with van der Waals surface area (Å²) in [6, 6.07) is 10.0. The first-order valence-corrected chi connectivity index (χ1v) is 12.9. The summed E-state index contributed by atoms with van der Waals surface area (Å²) < 4.78 is 32.8. The number of nitrogens with zero attached hydrogens (tertiary/aromatic N) is 1. The molecule has 4 rings (SSSR count). The smallest absolute Gasteiger partial charge is 0.248 e. The maximum absolute atomic E-state index is 13.3. The van der Waals surface area contributed by atoms with Crippen LogP contribution in [0.2, 0.25) is 0 Å². The molecular formula is C27H29F2N3O3S. The van der Waals surface area contributed by atoms with Crippen molar-refractivity contribution in [3.05, 3.63) is 71.4 Å². The number of anilines is 1. The van der Waals surface area contributed by atoms with E-state index in [-0.39, 0.29) is 12.0 Å². The average molecular weight is 514 g/mol. The van der Waals surface area contributed by atoms with Gasteiger partial charge in [0.1, 0.15) is 17.7 Å². The number of nitrogens with one attached hydrogen (secondary N) is 2. The second-order valence-electron chi connectivity index (χ2n) is 8.99. The van der Waals surface area contributed by atoms with Crippen LogP contribution in [0, 0.1) is 11.6 Å². The highest BCUT2D eigenvalue weighted by atomic mass is 32.1. The molecule has 0 spiro atoms. The third-order valence-corrected chi connectivity index (χ3v) is 7.05. The lowest BCUT2D eigenvalue weighted by Gasteiger charge is -2.22. The number of rotatable bonds is 9. The van der Waals surface area contributed by atoms with Gasteiger partial charge in [-0.05, 0) is 48.6 Å². The van der Waals surface area contributed by atoms with E-state index in [4.69, 9.17) is 4.74 Å². The molecule has 1 aliphatic carbocycles. The van der Waals surface area contributed by atoms with Crippen molar-refractivity contribution in [3.8, 4) is 10.4 Å². The average Bonchev–Trinajstić information content (AvgIpc) is 3.31. The van der Waals surface area contributed by atoms with Crippen LogP contribution in [-0.2, 0) is 27.4 Å². The number of aromatic nitrogens is 1. The van der Waals surface area contributed by atoms with Crippen LogP contribution in [0.3, 0.4) is 0 Å². The van der Waals surface area contributed by atoms with Crippen LogP contribution >= 0.6 is 11.3 Å². The van der Waals surface area contributed by atoms with Crippen LogP contribution in [0.4, 0.5) is 13.9 Å². The highest BCUT2D eigenvalue weighted by molar-refractivity contribution is 7.19. The molecule has 2 aromatic carbocycles. The predicted octanol–water partition coefficient (Wildman–Crippen LogP) is 5.62. The van der Waals surface area contributed by atoms with E-state index in [1.165, 1.54) is 37.5 Å². The van der Waals surface area contributed by atoms with Gasteiger partial charge >= 0.3 is 0 Å². The second kappa shape index (κ2) is 12.2. The van der Waals surface area contributed by atoms with Crippen molar-refractivity contribution in [1.82, 2.24) is 10.3 Å². The van der Waals surface area contributed by atoms with E-state index < -0.39 is 29.5 Å². The van der Waals surface area contributed by atoms with Crippen molar-refractivity contribution in [2.24, 2.45) is 0 Å². The second-order valence-corrected chi connectivity index (χ2v) is 10.0. The highest BCUT2D eigenvalue weighted by Gasteiger charge is 2.19. The van der Waals surface area contributed by atoms with Gasteiger partial charge in [0.05, 0.1) is 24.0 Å². The summed E-state index contributed by atoms with van der Waals surface area (Å²) in [5.74, 6) is -2.48. The van der Waals surface area contributed by atoms with Gasteiger partial charge in [-0.15, -0.1) is 0 Å². The largest absolute Gasteiger partial charge is 0.374 e. The molecule has 9 heteroatoms. The van der Waals surface area contributed by atoms with Crippen molar-refractivity contribution in [2.45, 2.75) is 64.2 Å². The van der Waals surface area contributed by atoms with Crippen LogP contribution in [0.5, 0.6) is 0 Å². The van der Waals surface area contributed by atoms with Crippen molar-refractivity contribution >= 4 is 28.3 Å². The highest BCUT2D eigenvalue weighted by Crippen LogP contribution is 2.32. The summed E-state index contributed by atoms with van der Waals surface area (Å²) in [5, 5.41) is 5.68. The molecule has 1 aromatic heterocycles. The number of carbonyl (C=O) groups is 2. The standard InChI is InChI=1S/C27H29F2N3O3S/c1-17(31-25(33)13-18-11-20(28)14-21(29)12-18)26(34)32-27-30-15-24(36-27)23-10-6-5-7-19(23)16-35-22-8-3-2-4-9-22/h5-7,10-12,14-15,17,22H,2-4,8-9,13,16H2,1H3,(H,31,33)(H,30,32,34). The summed E-state index contributed by atoms with van der Waals surface area (Å²) in [6.45, 7) is 2.06. The number of benzene rings is 2. The summed E-state index contributed by atoms with van der Waals surface area (Å²) >= 11 is 1.34. The van der Waals surface area contributed by atoms with E-state index >= 15 is 0 Å². The summed E-state index contributed by atoms with van der Waals surface area (Å²) in [5.41, 5.74) is 2.27. The third-order valence-electron chi connectivity index (χ3n) is 6.10. The lowest BCUT2D eigenvalue weighted by atomic mass is 9.97. The fourth-order valence-corrected chi connectivity index (χ4v) is 5.13.